The van der Waals surface area contributed by atoms with Gasteiger partial charge in [-0.3, -0.25) is 0 Å². The third kappa shape index (κ3) is 2.21. The van der Waals surface area contributed by atoms with Crippen molar-refractivity contribution in [2.24, 2.45) is 0 Å². The number of hydrogen-bond acceptors (Lipinski definition) is 3. The van der Waals surface area contributed by atoms with Crippen LogP contribution in [0.2, 0.25) is 0 Å². The van der Waals surface area contributed by atoms with E-state index in [2.05, 4.69) is 14.5 Å². The van der Waals surface area contributed by atoms with E-state index in [9.17, 15) is 4.79 Å². The van der Waals surface area contributed by atoms with E-state index in [-0.39, 0.29) is 0 Å². The zero-order chi connectivity index (χ0) is 13.6. The Kier molecular flexibility index (Phi) is 2.78. The molecule has 1 aliphatic rings. The summed E-state index contributed by atoms with van der Waals surface area (Å²) < 4.78 is 2.21. The number of fused-ring (bicyclic) bond motifs is 1. The van der Waals surface area contributed by atoms with Crippen molar-refractivity contribution in [1.82, 2.24) is 14.5 Å². The van der Waals surface area contributed by atoms with Gasteiger partial charge in [-0.25, -0.2) is 9.78 Å². The molecule has 2 aromatic rings. The summed E-state index contributed by atoms with van der Waals surface area (Å²) in [6, 6.07) is 5.65. The zero-order valence-electron chi connectivity index (χ0n) is 11.1. The minimum atomic E-state index is -0.889. The lowest BCUT2D eigenvalue weighted by Gasteiger charge is -2.12. The van der Waals surface area contributed by atoms with Gasteiger partial charge in [0.15, 0.2) is 0 Å². The highest BCUT2D eigenvalue weighted by molar-refractivity contribution is 5.92. The van der Waals surface area contributed by atoms with Crippen molar-refractivity contribution in [3.05, 3.63) is 29.6 Å². The molecule has 0 radical (unpaired) electrons. The maximum absolute atomic E-state index is 11.1. The first-order chi connectivity index (χ1) is 9.06. The van der Waals surface area contributed by atoms with E-state index in [0.717, 1.165) is 36.2 Å². The molecule has 3 rings (SSSR count). The lowest BCUT2D eigenvalue weighted by atomic mass is 10.2. The molecule has 100 valence electrons. The van der Waals surface area contributed by atoms with Crippen LogP contribution in [0.5, 0.6) is 0 Å². The molecule has 0 atom stereocenters. The second-order valence-electron chi connectivity index (χ2n) is 5.38. The third-order valence-corrected chi connectivity index (χ3v) is 3.38. The molecule has 1 aliphatic carbocycles. The highest BCUT2D eigenvalue weighted by atomic mass is 16.4. The van der Waals surface area contributed by atoms with E-state index in [1.165, 1.54) is 0 Å². The number of rotatable bonds is 4. The molecule has 0 bridgehead atoms. The molecule has 0 unspecified atom stereocenters. The number of aromatic nitrogens is 2. The summed E-state index contributed by atoms with van der Waals surface area (Å²) in [7, 11) is 4.03. The van der Waals surface area contributed by atoms with Crippen LogP contribution in [0.4, 0.5) is 0 Å². The molecule has 5 nitrogen and oxygen atoms in total. The number of benzene rings is 1. The first-order valence-corrected chi connectivity index (χ1v) is 6.45. The Morgan fingerprint density at radius 2 is 2.21 bits per heavy atom. The van der Waals surface area contributed by atoms with Crippen LogP contribution in [0.1, 0.15) is 35.1 Å². The van der Waals surface area contributed by atoms with Crippen molar-refractivity contribution < 1.29 is 9.90 Å². The molecular weight excluding hydrogens is 242 g/mol. The maximum Gasteiger partial charge on any atom is 0.335 e. The summed E-state index contributed by atoms with van der Waals surface area (Å²) >= 11 is 0. The van der Waals surface area contributed by atoms with Gasteiger partial charge in [0, 0.05) is 6.04 Å². The Balaban J connectivity index is 2.16. The molecule has 5 heteroatoms. The lowest BCUT2D eigenvalue weighted by Crippen LogP contribution is -2.15. The summed E-state index contributed by atoms with van der Waals surface area (Å²) in [6.07, 6.45) is 2.31. The van der Waals surface area contributed by atoms with Crippen molar-refractivity contribution in [2.75, 3.05) is 14.1 Å². The monoisotopic (exact) mass is 259 g/mol. The molecule has 19 heavy (non-hydrogen) atoms. The molecule has 1 saturated carbocycles. The van der Waals surface area contributed by atoms with Crippen molar-refractivity contribution in [3.8, 4) is 0 Å². The number of hydrogen-bond donors (Lipinski definition) is 1. The topological polar surface area (TPSA) is 58.4 Å². The van der Waals surface area contributed by atoms with Crippen LogP contribution in [-0.2, 0) is 6.54 Å². The van der Waals surface area contributed by atoms with Crippen molar-refractivity contribution in [2.45, 2.75) is 25.4 Å². The van der Waals surface area contributed by atoms with E-state index in [1.807, 2.05) is 14.1 Å². The molecule has 0 spiro atoms. The summed E-state index contributed by atoms with van der Waals surface area (Å²) in [5.41, 5.74) is 2.15. The van der Waals surface area contributed by atoms with Gasteiger partial charge in [0.2, 0.25) is 0 Å². The van der Waals surface area contributed by atoms with Gasteiger partial charge < -0.3 is 14.6 Å². The minimum Gasteiger partial charge on any atom is -0.478 e. The van der Waals surface area contributed by atoms with Gasteiger partial charge in [0.25, 0.3) is 0 Å². The smallest absolute Gasteiger partial charge is 0.335 e. The molecule has 1 heterocycles. The van der Waals surface area contributed by atoms with Crippen LogP contribution in [0.3, 0.4) is 0 Å². The van der Waals surface area contributed by atoms with Crippen molar-refractivity contribution in [1.29, 1.82) is 0 Å². The summed E-state index contributed by atoms with van der Waals surface area (Å²) in [5.74, 6) is 0.129. The molecular formula is C14H17N3O2. The summed E-state index contributed by atoms with van der Waals surface area (Å²) in [4.78, 5) is 17.8. The van der Waals surface area contributed by atoms with Gasteiger partial charge in [-0.05, 0) is 45.1 Å². The second kappa shape index (κ2) is 4.35. The highest BCUT2D eigenvalue weighted by Crippen LogP contribution is 2.39. The van der Waals surface area contributed by atoms with Gasteiger partial charge in [0.05, 0.1) is 23.1 Å². The number of carbonyl (C=O) groups is 1. The van der Waals surface area contributed by atoms with E-state index < -0.39 is 5.97 Å². The van der Waals surface area contributed by atoms with Gasteiger partial charge >= 0.3 is 5.97 Å². The Morgan fingerprint density at radius 3 is 2.79 bits per heavy atom. The second-order valence-corrected chi connectivity index (χ2v) is 5.38. The molecule has 1 fully saturated rings. The highest BCUT2D eigenvalue weighted by Gasteiger charge is 2.28. The normalized spacial score (nSPS) is 15.3. The van der Waals surface area contributed by atoms with Crippen LogP contribution in [0.15, 0.2) is 18.2 Å². The number of imidazole rings is 1. The average molecular weight is 259 g/mol. The number of carboxylic acids is 1. The Bertz CT molecular complexity index is 641. The molecule has 0 saturated heterocycles. The fourth-order valence-corrected chi connectivity index (χ4v) is 2.41. The van der Waals surface area contributed by atoms with E-state index in [1.54, 1.807) is 18.2 Å². The largest absolute Gasteiger partial charge is 0.478 e. The van der Waals surface area contributed by atoms with Gasteiger partial charge in [-0.2, -0.15) is 0 Å². The van der Waals surface area contributed by atoms with Crippen molar-refractivity contribution in [3.63, 3.8) is 0 Å². The average Bonchev–Trinajstić information content (AvgIpc) is 3.10. The number of nitrogens with zero attached hydrogens (tertiary/aromatic N) is 3. The summed E-state index contributed by atoms with van der Waals surface area (Å²) in [5, 5.41) is 9.10. The fraction of sp³-hybridized carbons (Fsp3) is 0.429. The van der Waals surface area contributed by atoms with Gasteiger partial charge in [-0.15, -0.1) is 0 Å². The number of aromatic carboxylic acids is 1. The first-order valence-electron chi connectivity index (χ1n) is 6.45. The van der Waals surface area contributed by atoms with Crippen LogP contribution in [-0.4, -0.2) is 39.6 Å². The fourth-order valence-electron chi connectivity index (χ4n) is 2.41. The van der Waals surface area contributed by atoms with Crippen LogP contribution in [0, 0.1) is 0 Å². The molecule has 1 N–H and O–H groups in total. The lowest BCUT2D eigenvalue weighted by molar-refractivity contribution is 0.0697. The SMILES string of the molecule is CN(C)Cc1nc2ccc(C(=O)O)cc2n1C1CC1. The van der Waals surface area contributed by atoms with Gasteiger partial charge in [-0.1, -0.05) is 0 Å². The summed E-state index contributed by atoms with van der Waals surface area (Å²) in [6.45, 7) is 0.771. The first kappa shape index (κ1) is 12.2. The van der Waals surface area contributed by atoms with Gasteiger partial charge in [0.1, 0.15) is 5.82 Å². The predicted octanol–water partition coefficient (Wildman–Crippen LogP) is 2.13. The standard InChI is InChI=1S/C14H17N3O2/c1-16(2)8-13-15-11-6-3-9(14(18)19)7-12(11)17(13)10-4-5-10/h3,6-7,10H,4-5,8H2,1-2H3,(H,18,19). The zero-order valence-corrected chi connectivity index (χ0v) is 11.1. The Morgan fingerprint density at radius 1 is 1.47 bits per heavy atom. The van der Waals surface area contributed by atoms with Crippen molar-refractivity contribution >= 4 is 17.0 Å². The third-order valence-electron chi connectivity index (χ3n) is 3.38. The van der Waals surface area contributed by atoms with E-state index in [0.29, 0.717) is 11.6 Å². The van der Waals surface area contributed by atoms with Crippen LogP contribution in [0.25, 0.3) is 11.0 Å². The van der Waals surface area contributed by atoms with E-state index in [4.69, 9.17) is 5.11 Å². The van der Waals surface area contributed by atoms with E-state index >= 15 is 0 Å². The molecule has 0 amide bonds. The quantitative estimate of drug-likeness (QED) is 0.913. The van der Waals surface area contributed by atoms with Crippen LogP contribution >= 0.6 is 0 Å². The molecule has 1 aromatic carbocycles. The predicted molar refractivity (Wildman–Crippen MR) is 72.4 cm³/mol. The Labute approximate surface area is 111 Å². The maximum atomic E-state index is 11.1. The Hall–Kier alpha value is -1.88. The van der Waals surface area contributed by atoms with Crippen LogP contribution < -0.4 is 0 Å². The minimum absolute atomic E-state index is 0.325. The molecule has 0 aliphatic heterocycles. The molecule has 1 aromatic heterocycles. The number of carboxylic acid groups (broad SMARTS) is 1.